The molecule has 0 aliphatic rings. The van der Waals surface area contributed by atoms with Gasteiger partial charge in [0.15, 0.2) is 0 Å². The van der Waals surface area contributed by atoms with Crippen LogP contribution in [-0.4, -0.2) is 31.4 Å². The molecule has 0 amide bonds. The van der Waals surface area contributed by atoms with E-state index in [0.29, 0.717) is 0 Å². The lowest BCUT2D eigenvalue weighted by atomic mass is 10.1. The van der Waals surface area contributed by atoms with E-state index in [0.717, 1.165) is 12.4 Å². The first kappa shape index (κ1) is 17.7. The smallest absolute Gasteiger partial charge is 0.130 e. The third-order valence-corrected chi connectivity index (χ3v) is 3.73. The van der Waals surface area contributed by atoms with Gasteiger partial charge in [0.05, 0.1) is 0 Å². The Labute approximate surface area is 131 Å². The predicted octanol–water partition coefficient (Wildman–Crippen LogP) is 5.14. The summed E-state index contributed by atoms with van der Waals surface area (Å²) in [6.07, 6.45) is 10.8. The van der Waals surface area contributed by atoms with Gasteiger partial charge in [0.1, 0.15) is 5.84 Å². The fourth-order valence-corrected chi connectivity index (χ4v) is 2.51. The average molecular weight is 288 g/mol. The summed E-state index contributed by atoms with van der Waals surface area (Å²) in [4.78, 5) is 6.89. The number of rotatable bonds is 10. The zero-order valence-corrected chi connectivity index (χ0v) is 14.1. The fourth-order valence-electron chi connectivity index (χ4n) is 2.51. The normalized spacial score (nSPS) is 11.7. The molecular weight excluding hydrogens is 256 g/mol. The highest BCUT2D eigenvalue weighted by molar-refractivity contribution is 5.98. The molecule has 0 heterocycles. The van der Waals surface area contributed by atoms with Crippen LogP contribution in [0, 0.1) is 0 Å². The second-order valence-corrected chi connectivity index (χ2v) is 5.94. The van der Waals surface area contributed by atoms with Crippen LogP contribution >= 0.6 is 0 Å². The number of hydrogen-bond acceptors (Lipinski definition) is 1. The van der Waals surface area contributed by atoms with Crippen LogP contribution < -0.4 is 0 Å². The van der Waals surface area contributed by atoms with Gasteiger partial charge in [0.2, 0.25) is 0 Å². The summed E-state index contributed by atoms with van der Waals surface area (Å²) in [7, 11) is 4.14. The van der Waals surface area contributed by atoms with E-state index in [4.69, 9.17) is 4.99 Å². The molecule has 0 spiro atoms. The number of nitrogens with zero attached hydrogens (tertiary/aromatic N) is 2. The van der Waals surface area contributed by atoms with Gasteiger partial charge in [0.25, 0.3) is 0 Å². The van der Waals surface area contributed by atoms with E-state index in [1.54, 1.807) is 0 Å². The van der Waals surface area contributed by atoms with E-state index in [1.807, 2.05) is 0 Å². The van der Waals surface area contributed by atoms with Crippen molar-refractivity contribution < 1.29 is 0 Å². The molecule has 0 unspecified atom stereocenters. The maximum atomic E-state index is 4.78. The Morgan fingerprint density at radius 3 is 2.00 bits per heavy atom. The van der Waals surface area contributed by atoms with E-state index in [1.165, 1.54) is 56.9 Å². The zero-order chi connectivity index (χ0) is 15.3. The molecule has 1 aromatic carbocycles. The van der Waals surface area contributed by atoms with Gasteiger partial charge in [-0.15, -0.1) is 0 Å². The van der Waals surface area contributed by atoms with E-state index in [-0.39, 0.29) is 0 Å². The first-order valence-corrected chi connectivity index (χ1v) is 8.53. The van der Waals surface area contributed by atoms with E-state index in [2.05, 4.69) is 56.3 Å². The zero-order valence-electron chi connectivity index (χ0n) is 14.1. The summed E-state index contributed by atoms with van der Waals surface area (Å²) in [5.74, 6) is 1.10. The molecule has 0 aliphatic heterocycles. The van der Waals surface area contributed by atoms with E-state index >= 15 is 0 Å². The molecule has 0 bridgehead atoms. The molecule has 2 nitrogen and oxygen atoms in total. The highest BCUT2D eigenvalue weighted by atomic mass is 15.1. The molecule has 0 saturated heterocycles. The van der Waals surface area contributed by atoms with Crippen LogP contribution in [0.15, 0.2) is 35.3 Å². The van der Waals surface area contributed by atoms with Crippen LogP contribution in [0.2, 0.25) is 0 Å². The lowest BCUT2D eigenvalue weighted by molar-refractivity contribution is 0.574. The van der Waals surface area contributed by atoms with Crippen molar-refractivity contribution in [2.24, 2.45) is 4.99 Å². The standard InChI is InChI=1S/C19H32N2/c1-4-5-6-7-8-9-10-14-17-20-19(21(2)3)18-15-12-11-13-16-18/h11-13,15-16H,4-10,14,17H2,1-3H3. The van der Waals surface area contributed by atoms with Crippen molar-refractivity contribution >= 4 is 5.84 Å². The minimum absolute atomic E-state index is 0.942. The van der Waals surface area contributed by atoms with E-state index in [9.17, 15) is 0 Å². The fraction of sp³-hybridized carbons (Fsp3) is 0.632. The molecule has 0 aromatic heterocycles. The molecule has 0 N–H and O–H groups in total. The van der Waals surface area contributed by atoms with Gasteiger partial charge in [0, 0.05) is 26.2 Å². The third-order valence-electron chi connectivity index (χ3n) is 3.73. The number of amidine groups is 1. The van der Waals surface area contributed by atoms with Crippen molar-refractivity contribution in [1.82, 2.24) is 4.90 Å². The maximum Gasteiger partial charge on any atom is 0.130 e. The molecule has 0 radical (unpaired) electrons. The monoisotopic (exact) mass is 288 g/mol. The van der Waals surface area contributed by atoms with Crippen LogP contribution in [0.25, 0.3) is 0 Å². The molecule has 0 fully saturated rings. The Morgan fingerprint density at radius 2 is 1.43 bits per heavy atom. The van der Waals surface area contributed by atoms with Crippen LogP contribution in [0.1, 0.15) is 63.9 Å². The molecule has 21 heavy (non-hydrogen) atoms. The van der Waals surface area contributed by atoms with Crippen LogP contribution in [0.5, 0.6) is 0 Å². The van der Waals surface area contributed by atoms with Gasteiger partial charge in [-0.05, 0) is 6.42 Å². The number of hydrogen-bond donors (Lipinski definition) is 0. The second-order valence-electron chi connectivity index (χ2n) is 5.94. The summed E-state index contributed by atoms with van der Waals surface area (Å²) in [6.45, 7) is 3.21. The van der Waals surface area contributed by atoms with Gasteiger partial charge < -0.3 is 4.90 Å². The van der Waals surface area contributed by atoms with Gasteiger partial charge in [-0.3, -0.25) is 4.99 Å². The van der Waals surface area contributed by atoms with Crippen molar-refractivity contribution in [3.05, 3.63) is 35.9 Å². The molecule has 1 aromatic rings. The minimum atomic E-state index is 0.942. The summed E-state index contributed by atoms with van der Waals surface area (Å²) in [5, 5.41) is 0. The highest BCUT2D eigenvalue weighted by Gasteiger charge is 2.04. The Kier molecular flexibility index (Phi) is 9.60. The van der Waals surface area contributed by atoms with Crippen molar-refractivity contribution in [2.75, 3.05) is 20.6 Å². The van der Waals surface area contributed by atoms with Gasteiger partial charge in [-0.2, -0.15) is 0 Å². The van der Waals surface area contributed by atoms with Crippen molar-refractivity contribution in [1.29, 1.82) is 0 Å². The highest BCUT2D eigenvalue weighted by Crippen LogP contribution is 2.09. The first-order valence-electron chi connectivity index (χ1n) is 8.53. The average Bonchev–Trinajstić information content (AvgIpc) is 2.50. The Morgan fingerprint density at radius 1 is 0.857 bits per heavy atom. The van der Waals surface area contributed by atoms with Crippen molar-refractivity contribution in [3.8, 4) is 0 Å². The molecule has 0 aliphatic carbocycles. The Balaban J connectivity index is 2.24. The second kappa shape index (κ2) is 11.4. The number of benzene rings is 1. The van der Waals surface area contributed by atoms with Crippen LogP contribution in [-0.2, 0) is 0 Å². The minimum Gasteiger partial charge on any atom is -0.363 e. The Hall–Kier alpha value is -1.31. The number of aliphatic imine (C=N–C) groups is 1. The summed E-state index contributed by atoms with van der Waals surface area (Å²) >= 11 is 0. The van der Waals surface area contributed by atoms with Gasteiger partial charge in [-0.25, -0.2) is 0 Å². The maximum absolute atomic E-state index is 4.78. The quantitative estimate of drug-likeness (QED) is 0.331. The molecule has 2 heteroatoms. The first-order chi connectivity index (χ1) is 10.3. The lowest BCUT2D eigenvalue weighted by Crippen LogP contribution is -2.23. The molecule has 0 atom stereocenters. The molecule has 1 rings (SSSR count). The van der Waals surface area contributed by atoms with Crippen LogP contribution in [0.4, 0.5) is 0 Å². The Bertz CT molecular complexity index is 382. The molecule has 0 saturated carbocycles. The van der Waals surface area contributed by atoms with E-state index < -0.39 is 0 Å². The summed E-state index contributed by atoms with van der Waals surface area (Å²) in [6, 6.07) is 10.5. The van der Waals surface area contributed by atoms with Gasteiger partial charge in [-0.1, -0.05) is 82.2 Å². The predicted molar refractivity (Wildman–Crippen MR) is 94.1 cm³/mol. The van der Waals surface area contributed by atoms with Crippen molar-refractivity contribution in [3.63, 3.8) is 0 Å². The SMILES string of the molecule is CCCCCCCCCCN=C(c1ccccc1)N(C)C. The lowest BCUT2D eigenvalue weighted by Gasteiger charge is -2.16. The third kappa shape index (κ3) is 7.89. The largest absolute Gasteiger partial charge is 0.363 e. The summed E-state index contributed by atoms with van der Waals surface area (Å²) < 4.78 is 0. The number of unbranched alkanes of at least 4 members (excludes halogenated alkanes) is 7. The van der Waals surface area contributed by atoms with Crippen LogP contribution in [0.3, 0.4) is 0 Å². The van der Waals surface area contributed by atoms with Gasteiger partial charge >= 0.3 is 0 Å². The topological polar surface area (TPSA) is 15.6 Å². The summed E-state index contributed by atoms with van der Waals surface area (Å²) in [5.41, 5.74) is 1.21. The van der Waals surface area contributed by atoms with Crippen molar-refractivity contribution in [2.45, 2.75) is 58.3 Å². The molecular formula is C19H32N2. The molecule has 118 valence electrons.